The van der Waals surface area contributed by atoms with Gasteiger partial charge in [-0.25, -0.2) is 0 Å². The van der Waals surface area contributed by atoms with Gasteiger partial charge in [0.15, 0.2) is 11.5 Å². The highest BCUT2D eigenvalue weighted by atomic mass is 35.5. The normalized spacial score (nSPS) is 10.4. The number of halogens is 1. The van der Waals surface area contributed by atoms with E-state index in [9.17, 15) is 4.79 Å². The summed E-state index contributed by atoms with van der Waals surface area (Å²) in [7, 11) is 1.62. The quantitative estimate of drug-likeness (QED) is 0.751. The summed E-state index contributed by atoms with van der Waals surface area (Å²) in [5, 5.41) is 2.82. The van der Waals surface area contributed by atoms with Crippen LogP contribution in [-0.4, -0.2) is 31.5 Å². The van der Waals surface area contributed by atoms with Crippen LogP contribution in [0.3, 0.4) is 0 Å². The molecule has 0 bridgehead atoms. The van der Waals surface area contributed by atoms with E-state index in [4.69, 9.17) is 21.1 Å². The molecule has 4 nitrogen and oxygen atoms in total. The molecule has 20 heavy (non-hydrogen) atoms. The van der Waals surface area contributed by atoms with Crippen LogP contribution < -0.4 is 14.8 Å². The Kier molecular flexibility index (Phi) is 7.23. The minimum Gasteiger partial charge on any atom is -0.493 e. The van der Waals surface area contributed by atoms with Crippen molar-refractivity contribution >= 4 is 17.5 Å². The summed E-state index contributed by atoms with van der Waals surface area (Å²) in [5.41, 5.74) is 1.09. The van der Waals surface area contributed by atoms with E-state index in [1.807, 2.05) is 32.0 Å². The van der Waals surface area contributed by atoms with Crippen molar-refractivity contribution in [3.8, 4) is 11.5 Å². The Morgan fingerprint density at radius 3 is 2.70 bits per heavy atom. The standard InChI is InChI=1S/C15H22ClNO3/c1-11(2)20-13-5-4-12(10-14(13)19-3)7-9-17-15(18)6-8-16/h4-5,10-11H,6-9H2,1-3H3,(H,17,18). The highest BCUT2D eigenvalue weighted by molar-refractivity contribution is 6.18. The Hall–Kier alpha value is -1.42. The molecule has 0 radical (unpaired) electrons. The van der Waals surface area contributed by atoms with Gasteiger partial charge in [0.05, 0.1) is 13.2 Å². The third-order valence-electron chi connectivity index (χ3n) is 2.65. The second-order valence-electron chi connectivity index (χ2n) is 4.69. The number of alkyl halides is 1. The monoisotopic (exact) mass is 299 g/mol. The van der Waals surface area contributed by atoms with Crippen LogP contribution in [0.25, 0.3) is 0 Å². The summed E-state index contributed by atoms with van der Waals surface area (Å²) >= 11 is 5.50. The van der Waals surface area contributed by atoms with E-state index in [2.05, 4.69) is 5.32 Å². The molecule has 0 aliphatic carbocycles. The highest BCUT2D eigenvalue weighted by Crippen LogP contribution is 2.29. The molecule has 0 aliphatic heterocycles. The molecule has 1 amide bonds. The van der Waals surface area contributed by atoms with Crippen molar-refractivity contribution < 1.29 is 14.3 Å². The Balaban J connectivity index is 2.57. The largest absolute Gasteiger partial charge is 0.493 e. The van der Waals surface area contributed by atoms with E-state index >= 15 is 0 Å². The number of carbonyl (C=O) groups excluding carboxylic acids is 1. The van der Waals surface area contributed by atoms with Crippen LogP contribution in [0, 0.1) is 0 Å². The predicted molar refractivity (Wildman–Crippen MR) is 80.8 cm³/mol. The number of rotatable bonds is 8. The lowest BCUT2D eigenvalue weighted by molar-refractivity contribution is -0.120. The van der Waals surface area contributed by atoms with E-state index < -0.39 is 0 Å². The molecule has 0 aromatic heterocycles. The van der Waals surface area contributed by atoms with E-state index in [0.717, 1.165) is 17.7 Å². The summed E-state index contributed by atoms with van der Waals surface area (Å²) in [6.45, 7) is 4.53. The number of benzene rings is 1. The topological polar surface area (TPSA) is 47.6 Å². The zero-order valence-corrected chi connectivity index (χ0v) is 13.0. The molecule has 0 unspecified atom stereocenters. The average molecular weight is 300 g/mol. The smallest absolute Gasteiger partial charge is 0.221 e. The van der Waals surface area contributed by atoms with Crippen LogP contribution >= 0.6 is 11.6 Å². The van der Waals surface area contributed by atoms with Gasteiger partial charge in [0.25, 0.3) is 0 Å². The second kappa shape index (κ2) is 8.69. The number of hydrogen-bond acceptors (Lipinski definition) is 3. The first-order valence-electron chi connectivity index (χ1n) is 6.73. The summed E-state index contributed by atoms with van der Waals surface area (Å²) in [6.07, 6.45) is 1.20. The highest BCUT2D eigenvalue weighted by Gasteiger charge is 2.07. The number of ether oxygens (including phenoxy) is 2. The molecular formula is C15H22ClNO3. The van der Waals surface area contributed by atoms with E-state index in [1.54, 1.807) is 7.11 Å². The van der Waals surface area contributed by atoms with Crippen molar-refractivity contribution in [2.24, 2.45) is 0 Å². The minimum atomic E-state index is -0.0215. The molecule has 0 spiro atoms. The molecule has 0 heterocycles. The predicted octanol–water partition coefficient (Wildman–Crippen LogP) is 2.77. The maximum Gasteiger partial charge on any atom is 0.221 e. The third-order valence-corrected chi connectivity index (χ3v) is 2.84. The maximum absolute atomic E-state index is 11.3. The van der Waals surface area contributed by atoms with Gasteiger partial charge >= 0.3 is 0 Å². The summed E-state index contributed by atoms with van der Waals surface area (Å²) in [5.74, 6) is 1.77. The molecule has 0 saturated carbocycles. The van der Waals surface area contributed by atoms with Gasteiger partial charge in [0.2, 0.25) is 5.91 Å². The van der Waals surface area contributed by atoms with Crippen LogP contribution in [0.5, 0.6) is 11.5 Å². The lowest BCUT2D eigenvalue weighted by Gasteiger charge is -2.14. The van der Waals surface area contributed by atoms with Crippen LogP contribution in [0.1, 0.15) is 25.8 Å². The van der Waals surface area contributed by atoms with Gasteiger partial charge in [-0.15, -0.1) is 11.6 Å². The molecule has 1 aromatic carbocycles. The summed E-state index contributed by atoms with van der Waals surface area (Å²) in [4.78, 5) is 11.3. The van der Waals surface area contributed by atoms with Crippen LogP contribution in [0.15, 0.2) is 18.2 Å². The van der Waals surface area contributed by atoms with Gasteiger partial charge in [-0.2, -0.15) is 0 Å². The molecule has 0 atom stereocenters. The third kappa shape index (κ3) is 5.70. The molecule has 5 heteroatoms. The van der Waals surface area contributed by atoms with Crippen molar-refractivity contribution in [3.63, 3.8) is 0 Å². The first-order chi connectivity index (χ1) is 9.56. The van der Waals surface area contributed by atoms with Gasteiger partial charge in [0.1, 0.15) is 0 Å². The van der Waals surface area contributed by atoms with Crippen molar-refractivity contribution in [1.29, 1.82) is 0 Å². The zero-order valence-electron chi connectivity index (χ0n) is 12.2. The first-order valence-corrected chi connectivity index (χ1v) is 7.26. The number of nitrogens with one attached hydrogen (secondary N) is 1. The van der Waals surface area contributed by atoms with E-state index in [0.29, 0.717) is 24.6 Å². The number of methoxy groups -OCH3 is 1. The minimum absolute atomic E-state index is 0.0215. The Morgan fingerprint density at radius 1 is 1.35 bits per heavy atom. The van der Waals surface area contributed by atoms with Crippen molar-refractivity contribution in [1.82, 2.24) is 5.32 Å². The second-order valence-corrected chi connectivity index (χ2v) is 5.07. The average Bonchev–Trinajstić information content (AvgIpc) is 2.40. The molecular weight excluding hydrogens is 278 g/mol. The molecule has 1 aromatic rings. The SMILES string of the molecule is COc1cc(CCNC(=O)CCCl)ccc1OC(C)C. The number of hydrogen-bond donors (Lipinski definition) is 1. The van der Waals surface area contributed by atoms with Crippen LogP contribution in [0.2, 0.25) is 0 Å². The Morgan fingerprint density at radius 2 is 2.10 bits per heavy atom. The molecule has 0 saturated heterocycles. The van der Waals surface area contributed by atoms with Crippen LogP contribution in [-0.2, 0) is 11.2 Å². The summed E-state index contributed by atoms with van der Waals surface area (Å²) in [6, 6.07) is 5.81. The number of amides is 1. The maximum atomic E-state index is 11.3. The van der Waals surface area contributed by atoms with Gasteiger partial charge in [-0.05, 0) is 38.0 Å². The zero-order chi connectivity index (χ0) is 15.0. The Bertz CT molecular complexity index is 435. The van der Waals surface area contributed by atoms with Gasteiger partial charge < -0.3 is 14.8 Å². The fourth-order valence-electron chi connectivity index (χ4n) is 1.74. The molecule has 1 rings (SSSR count). The van der Waals surface area contributed by atoms with Gasteiger partial charge in [-0.1, -0.05) is 6.07 Å². The van der Waals surface area contributed by atoms with Gasteiger partial charge in [-0.3, -0.25) is 4.79 Å². The lowest BCUT2D eigenvalue weighted by Crippen LogP contribution is -2.25. The van der Waals surface area contributed by atoms with Crippen molar-refractivity contribution in [2.75, 3.05) is 19.5 Å². The van der Waals surface area contributed by atoms with E-state index in [1.165, 1.54) is 0 Å². The van der Waals surface area contributed by atoms with Crippen LogP contribution in [0.4, 0.5) is 0 Å². The van der Waals surface area contributed by atoms with E-state index in [-0.39, 0.29) is 12.0 Å². The van der Waals surface area contributed by atoms with Crippen molar-refractivity contribution in [2.45, 2.75) is 32.8 Å². The lowest BCUT2D eigenvalue weighted by atomic mass is 10.1. The molecule has 112 valence electrons. The Labute approximate surface area is 125 Å². The van der Waals surface area contributed by atoms with Crippen molar-refractivity contribution in [3.05, 3.63) is 23.8 Å². The molecule has 1 N–H and O–H groups in total. The number of carbonyl (C=O) groups is 1. The fourth-order valence-corrected chi connectivity index (χ4v) is 1.91. The fraction of sp³-hybridized carbons (Fsp3) is 0.533. The van der Waals surface area contributed by atoms with Gasteiger partial charge in [0, 0.05) is 18.8 Å². The summed E-state index contributed by atoms with van der Waals surface area (Å²) < 4.78 is 11.0. The molecule has 0 fully saturated rings. The first kappa shape index (κ1) is 16.6. The molecule has 0 aliphatic rings.